The van der Waals surface area contributed by atoms with Crippen molar-refractivity contribution in [1.82, 2.24) is 4.90 Å². The lowest BCUT2D eigenvalue weighted by Gasteiger charge is -2.32. The van der Waals surface area contributed by atoms with Crippen molar-refractivity contribution >= 4 is 17.3 Å². The van der Waals surface area contributed by atoms with Gasteiger partial charge in [0.25, 0.3) is 0 Å². The Morgan fingerprint density at radius 3 is 2.65 bits per heavy atom. The number of ether oxygens (including phenoxy) is 1. The van der Waals surface area contributed by atoms with Crippen LogP contribution in [-0.2, 0) is 0 Å². The Morgan fingerprint density at radius 2 is 1.96 bits per heavy atom. The molecule has 1 aromatic carbocycles. The second-order valence-corrected chi connectivity index (χ2v) is 6.03. The summed E-state index contributed by atoms with van der Waals surface area (Å²) in [6, 6.07) is 6.17. The molecule has 0 fully saturated rings. The largest absolute Gasteiger partial charge is 0.439 e. The number of benzene rings is 1. The van der Waals surface area contributed by atoms with Crippen LogP contribution in [-0.4, -0.2) is 37.2 Å². The van der Waals surface area contributed by atoms with E-state index in [1.54, 1.807) is 0 Å². The van der Waals surface area contributed by atoms with Gasteiger partial charge in [-0.1, -0.05) is 0 Å². The Hall–Kier alpha value is -2.47. The van der Waals surface area contributed by atoms with Gasteiger partial charge < -0.3 is 20.3 Å². The molecule has 3 rings (SSSR count). The molecule has 4 N–H and O–H groups in total. The summed E-state index contributed by atoms with van der Waals surface area (Å²) in [6.07, 6.45) is 3.49. The Bertz CT molecular complexity index is 722. The highest BCUT2D eigenvalue weighted by molar-refractivity contribution is 5.91. The van der Waals surface area contributed by atoms with Crippen LogP contribution < -0.4 is 21.1 Å². The summed E-state index contributed by atoms with van der Waals surface area (Å²) in [5, 5.41) is 0. The van der Waals surface area contributed by atoms with E-state index in [0.29, 0.717) is 11.6 Å². The van der Waals surface area contributed by atoms with E-state index in [9.17, 15) is 0 Å². The highest BCUT2D eigenvalue weighted by Crippen LogP contribution is 2.33. The number of hydrogen-bond donors (Lipinski definition) is 2. The maximum Gasteiger partial charge on any atom is 0.219 e. The molecule has 2 aliphatic heterocycles. The summed E-state index contributed by atoms with van der Waals surface area (Å²) >= 11 is 0. The maximum absolute atomic E-state index is 6.17. The van der Waals surface area contributed by atoms with Crippen molar-refractivity contribution in [2.24, 2.45) is 16.5 Å². The first-order chi connectivity index (χ1) is 10.9. The average molecular weight is 313 g/mol. The van der Waals surface area contributed by atoms with Crippen LogP contribution in [0.5, 0.6) is 5.75 Å². The second kappa shape index (κ2) is 5.62. The fraction of sp³-hybridized carbons (Fsp3) is 0.353. The van der Waals surface area contributed by atoms with E-state index < -0.39 is 6.29 Å². The number of rotatable bonds is 1. The lowest BCUT2D eigenvalue weighted by Crippen LogP contribution is -2.40. The molecule has 122 valence electrons. The lowest BCUT2D eigenvalue weighted by molar-refractivity contribution is 0.308. The topological polar surface area (TPSA) is 80.1 Å². The van der Waals surface area contributed by atoms with Gasteiger partial charge in [0.1, 0.15) is 5.75 Å². The highest BCUT2D eigenvalue weighted by atomic mass is 16.5. The highest BCUT2D eigenvalue weighted by Gasteiger charge is 2.21. The fourth-order valence-electron chi connectivity index (χ4n) is 2.72. The summed E-state index contributed by atoms with van der Waals surface area (Å²) in [5.74, 6) is 1.20. The normalized spacial score (nSPS) is 23.8. The number of nitrogens with two attached hydrogens (primary N) is 2. The summed E-state index contributed by atoms with van der Waals surface area (Å²) < 4.78 is 5.89. The van der Waals surface area contributed by atoms with Crippen LogP contribution >= 0.6 is 0 Å². The molecule has 23 heavy (non-hydrogen) atoms. The molecule has 0 spiro atoms. The molecule has 2 aliphatic rings. The van der Waals surface area contributed by atoms with Gasteiger partial charge in [-0.15, -0.1) is 0 Å². The van der Waals surface area contributed by atoms with Crippen LogP contribution in [0.4, 0.5) is 5.69 Å². The summed E-state index contributed by atoms with van der Waals surface area (Å²) in [7, 11) is 3.96. The van der Waals surface area contributed by atoms with Crippen molar-refractivity contribution in [3.05, 3.63) is 41.6 Å². The number of anilines is 1. The van der Waals surface area contributed by atoms with Gasteiger partial charge in [0.15, 0.2) is 6.29 Å². The second-order valence-electron chi connectivity index (χ2n) is 6.03. The Kier molecular flexibility index (Phi) is 3.77. The van der Waals surface area contributed by atoms with E-state index in [2.05, 4.69) is 23.9 Å². The van der Waals surface area contributed by atoms with Crippen LogP contribution in [0, 0.1) is 0 Å². The van der Waals surface area contributed by atoms with Crippen molar-refractivity contribution < 1.29 is 4.74 Å². The molecule has 0 saturated carbocycles. The molecule has 6 heteroatoms. The van der Waals surface area contributed by atoms with E-state index >= 15 is 0 Å². The first kappa shape index (κ1) is 15.4. The predicted molar refractivity (Wildman–Crippen MR) is 94.0 cm³/mol. The molecule has 2 unspecified atom stereocenters. The van der Waals surface area contributed by atoms with Crippen LogP contribution in [0.25, 0.3) is 5.70 Å². The van der Waals surface area contributed by atoms with Gasteiger partial charge in [0.05, 0.1) is 0 Å². The quantitative estimate of drug-likeness (QED) is 0.825. The SMILES string of the molecule is CC1=CC(Oc2ccc3c(c2)C(N)=CC(C)N3C)=NC(N)N1C. The zero-order valence-electron chi connectivity index (χ0n) is 13.9. The van der Waals surface area contributed by atoms with Gasteiger partial charge in [-0.25, -0.2) is 4.99 Å². The number of aliphatic imine (C=N–C) groups is 1. The van der Waals surface area contributed by atoms with Crippen molar-refractivity contribution in [3.63, 3.8) is 0 Å². The Morgan fingerprint density at radius 1 is 1.22 bits per heavy atom. The first-order valence-electron chi connectivity index (χ1n) is 7.63. The molecule has 0 saturated heterocycles. The molecule has 1 aromatic rings. The number of likely N-dealkylation sites (N-methyl/N-ethyl adjacent to an activating group) is 1. The molecule has 0 aliphatic carbocycles. The van der Waals surface area contributed by atoms with Crippen molar-refractivity contribution in [2.45, 2.75) is 26.2 Å². The van der Waals surface area contributed by atoms with Crippen molar-refractivity contribution in [3.8, 4) is 5.75 Å². The van der Waals surface area contributed by atoms with E-state index in [4.69, 9.17) is 16.2 Å². The van der Waals surface area contributed by atoms with E-state index in [-0.39, 0.29) is 6.04 Å². The number of allylic oxidation sites excluding steroid dienone is 1. The Labute approximate surface area is 136 Å². The van der Waals surface area contributed by atoms with Crippen LogP contribution in [0.2, 0.25) is 0 Å². The molecule has 2 heterocycles. The third kappa shape index (κ3) is 2.77. The molecular formula is C17H23N5O. The standard InChI is InChI=1S/C17H23N5O/c1-10-7-14(18)13-9-12(5-6-15(13)21(10)3)23-16-8-11(2)22(4)17(19)20-16/h5-10,17H,18-19H2,1-4H3. The molecule has 0 amide bonds. The third-order valence-corrected chi connectivity index (χ3v) is 4.46. The van der Waals surface area contributed by atoms with Gasteiger partial charge in [0, 0.05) is 48.9 Å². The minimum Gasteiger partial charge on any atom is -0.439 e. The smallest absolute Gasteiger partial charge is 0.219 e. The van der Waals surface area contributed by atoms with Crippen LogP contribution in [0.15, 0.2) is 41.0 Å². The van der Waals surface area contributed by atoms with Crippen LogP contribution in [0.3, 0.4) is 0 Å². The van der Waals surface area contributed by atoms with Gasteiger partial charge >= 0.3 is 0 Å². The first-order valence-corrected chi connectivity index (χ1v) is 7.63. The lowest BCUT2D eigenvalue weighted by atomic mass is 10.0. The van der Waals surface area contributed by atoms with Gasteiger partial charge in [-0.05, 0) is 38.1 Å². The van der Waals surface area contributed by atoms with Gasteiger partial charge in [-0.2, -0.15) is 0 Å². The maximum atomic E-state index is 6.17. The van der Waals surface area contributed by atoms with E-state index in [1.807, 2.05) is 49.2 Å². The van der Waals surface area contributed by atoms with Crippen LogP contribution in [0.1, 0.15) is 19.4 Å². The predicted octanol–water partition coefficient (Wildman–Crippen LogP) is 1.69. The molecule has 2 atom stereocenters. The molecular weight excluding hydrogens is 290 g/mol. The molecule has 0 radical (unpaired) electrons. The third-order valence-electron chi connectivity index (χ3n) is 4.46. The molecule has 0 aromatic heterocycles. The number of nitrogens with zero attached hydrogens (tertiary/aromatic N) is 3. The van der Waals surface area contributed by atoms with E-state index in [0.717, 1.165) is 22.6 Å². The zero-order chi connectivity index (χ0) is 16.7. The Balaban J connectivity index is 1.89. The monoisotopic (exact) mass is 313 g/mol. The number of hydrogen-bond acceptors (Lipinski definition) is 6. The van der Waals surface area contributed by atoms with Gasteiger partial charge in [-0.3, -0.25) is 5.73 Å². The fourth-order valence-corrected chi connectivity index (χ4v) is 2.72. The molecule has 6 nitrogen and oxygen atoms in total. The average Bonchev–Trinajstić information content (AvgIpc) is 2.50. The van der Waals surface area contributed by atoms with Crippen molar-refractivity contribution in [2.75, 3.05) is 19.0 Å². The zero-order valence-corrected chi connectivity index (χ0v) is 13.9. The van der Waals surface area contributed by atoms with Crippen molar-refractivity contribution in [1.29, 1.82) is 0 Å². The minimum atomic E-state index is -0.426. The van der Waals surface area contributed by atoms with E-state index in [1.165, 1.54) is 0 Å². The minimum absolute atomic E-state index is 0.274. The van der Waals surface area contributed by atoms with Gasteiger partial charge in [0.2, 0.25) is 5.90 Å². The summed E-state index contributed by atoms with van der Waals surface area (Å²) in [6.45, 7) is 4.09. The molecule has 0 bridgehead atoms. The summed E-state index contributed by atoms with van der Waals surface area (Å²) in [5.41, 5.74) is 16.0. The summed E-state index contributed by atoms with van der Waals surface area (Å²) in [4.78, 5) is 8.40. The number of fused-ring (bicyclic) bond motifs is 1.